The third-order valence-corrected chi connectivity index (χ3v) is 7.48. The molecule has 7 heteroatoms. The lowest BCUT2D eigenvalue weighted by Crippen LogP contribution is -2.51. The van der Waals surface area contributed by atoms with Gasteiger partial charge in [0, 0.05) is 13.0 Å². The zero-order chi connectivity index (χ0) is 21.0. The summed E-state index contributed by atoms with van der Waals surface area (Å²) in [7, 11) is 0. The molecule has 2 heterocycles. The van der Waals surface area contributed by atoms with E-state index in [2.05, 4.69) is 10.3 Å². The van der Waals surface area contributed by atoms with Gasteiger partial charge in [0.25, 0.3) is 11.8 Å². The summed E-state index contributed by atoms with van der Waals surface area (Å²) in [5.74, 6) is 1.67. The Kier molecular flexibility index (Phi) is 4.61. The van der Waals surface area contributed by atoms with E-state index in [1.165, 1.54) is 38.5 Å². The van der Waals surface area contributed by atoms with Crippen molar-refractivity contribution >= 4 is 17.5 Å². The molecule has 160 valence electrons. The smallest absolute Gasteiger partial charge is 0.269 e. The van der Waals surface area contributed by atoms with Crippen LogP contribution in [0.1, 0.15) is 72.1 Å². The van der Waals surface area contributed by atoms with Gasteiger partial charge in [0.1, 0.15) is 17.0 Å². The van der Waals surface area contributed by atoms with E-state index in [1.807, 2.05) is 0 Å². The summed E-state index contributed by atoms with van der Waals surface area (Å²) in [6.07, 6.45) is 7.32. The highest BCUT2D eigenvalue weighted by molar-refractivity contribution is 5.96. The van der Waals surface area contributed by atoms with Crippen LogP contribution in [0.2, 0.25) is 0 Å². The lowest BCUT2D eigenvalue weighted by atomic mass is 9.49. The van der Waals surface area contributed by atoms with Crippen molar-refractivity contribution in [3.05, 3.63) is 35.3 Å². The van der Waals surface area contributed by atoms with Crippen LogP contribution in [0.3, 0.4) is 0 Å². The molecular weight excluding hydrogens is 380 g/mol. The lowest BCUT2D eigenvalue weighted by molar-refractivity contribution is -0.0503. The molecule has 4 aliphatic carbocycles. The first-order valence-electron chi connectivity index (χ1n) is 11.1. The van der Waals surface area contributed by atoms with Crippen molar-refractivity contribution in [1.82, 2.24) is 14.7 Å². The number of amides is 2. The van der Waals surface area contributed by atoms with Gasteiger partial charge in [-0.05, 0) is 80.8 Å². The van der Waals surface area contributed by atoms with E-state index in [1.54, 1.807) is 29.5 Å². The fraction of sp³-hybridized carbons (Fsp3) is 0.609. The number of hydrogen-bond donors (Lipinski definition) is 3. The number of primary amides is 1. The highest BCUT2D eigenvalue weighted by Gasteiger charge is 2.50. The van der Waals surface area contributed by atoms with Crippen molar-refractivity contribution in [1.29, 1.82) is 0 Å². The normalized spacial score (nSPS) is 30.5. The molecule has 2 amide bonds. The van der Waals surface area contributed by atoms with E-state index in [-0.39, 0.29) is 23.4 Å². The molecule has 30 heavy (non-hydrogen) atoms. The first-order chi connectivity index (χ1) is 14.3. The Bertz CT molecular complexity index is 974. The molecule has 0 aliphatic heterocycles. The van der Waals surface area contributed by atoms with E-state index in [4.69, 9.17) is 5.73 Å². The second kappa shape index (κ2) is 7.08. The van der Waals surface area contributed by atoms with Crippen LogP contribution in [0.5, 0.6) is 0 Å². The second-order valence-electron chi connectivity index (χ2n) is 10.0. The number of carbonyl (C=O) groups excluding carboxylic acids is 2. The molecule has 0 saturated heterocycles. The van der Waals surface area contributed by atoms with E-state index < -0.39 is 12.0 Å². The van der Waals surface area contributed by atoms with Crippen LogP contribution in [-0.4, -0.2) is 39.0 Å². The molecule has 1 atom stereocenters. The van der Waals surface area contributed by atoms with Gasteiger partial charge in [0.05, 0.1) is 11.8 Å². The summed E-state index contributed by atoms with van der Waals surface area (Å²) < 4.78 is 1.67. The minimum Gasteiger partial charge on any atom is -0.393 e. The number of imidazole rings is 1. The molecule has 4 bridgehead atoms. The van der Waals surface area contributed by atoms with Crippen LogP contribution < -0.4 is 11.1 Å². The van der Waals surface area contributed by atoms with Gasteiger partial charge < -0.3 is 16.2 Å². The molecule has 0 aromatic carbocycles. The van der Waals surface area contributed by atoms with Crippen LogP contribution in [0.4, 0.5) is 0 Å². The minimum absolute atomic E-state index is 0.109. The minimum atomic E-state index is -0.689. The summed E-state index contributed by atoms with van der Waals surface area (Å²) in [6.45, 7) is 2.34. The highest BCUT2D eigenvalue weighted by atomic mass is 16.3. The largest absolute Gasteiger partial charge is 0.393 e. The van der Waals surface area contributed by atoms with Gasteiger partial charge in [-0.25, -0.2) is 4.98 Å². The molecule has 2 aromatic heterocycles. The van der Waals surface area contributed by atoms with Crippen molar-refractivity contribution in [2.24, 2.45) is 28.9 Å². The average Bonchev–Trinajstić information content (AvgIpc) is 3.03. The number of pyridine rings is 1. The van der Waals surface area contributed by atoms with Crippen molar-refractivity contribution in [2.75, 3.05) is 6.54 Å². The number of hydrogen-bond acceptors (Lipinski definition) is 4. The lowest BCUT2D eigenvalue weighted by Gasteiger charge is -2.56. The Morgan fingerprint density at radius 2 is 1.87 bits per heavy atom. The monoisotopic (exact) mass is 410 g/mol. The topological polar surface area (TPSA) is 110 Å². The predicted molar refractivity (Wildman–Crippen MR) is 112 cm³/mol. The number of aromatic nitrogens is 2. The van der Waals surface area contributed by atoms with Crippen LogP contribution in [0, 0.1) is 23.2 Å². The zero-order valence-electron chi connectivity index (χ0n) is 17.4. The Hall–Kier alpha value is -2.41. The van der Waals surface area contributed by atoms with E-state index >= 15 is 0 Å². The third-order valence-electron chi connectivity index (χ3n) is 7.48. The molecule has 6 rings (SSSR count). The van der Waals surface area contributed by atoms with Crippen LogP contribution >= 0.6 is 0 Å². The summed E-state index contributed by atoms with van der Waals surface area (Å²) in [4.78, 5) is 29.5. The van der Waals surface area contributed by atoms with Crippen LogP contribution in [0.25, 0.3) is 5.65 Å². The maximum absolute atomic E-state index is 13.2. The number of nitrogens with zero attached hydrogens (tertiary/aromatic N) is 2. The number of carbonyl (C=O) groups is 2. The Morgan fingerprint density at radius 3 is 2.43 bits per heavy atom. The zero-order valence-corrected chi connectivity index (χ0v) is 17.4. The fourth-order valence-corrected chi connectivity index (χ4v) is 6.86. The van der Waals surface area contributed by atoms with Crippen LogP contribution in [0.15, 0.2) is 18.2 Å². The van der Waals surface area contributed by atoms with Crippen molar-refractivity contribution < 1.29 is 14.7 Å². The van der Waals surface area contributed by atoms with Crippen molar-refractivity contribution in [2.45, 2.75) is 58.0 Å². The number of rotatable bonds is 6. The molecule has 1 unspecified atom stereocenters. The third kappa shape index (κ3) is 3.29. The quantitative estimate of drug-likeness (QED) is 0.679. The molecule has 7 nitrogen and oxygen atoms in total. The summed E-state index contributed by atoms with van der Waals surface area (Å²) in [5.41, 5.74) is 7.26. The van der Waals surface area contributed by atoms with Gasteiger partial charge in [-0.15, -0.1) is 0 Å². The maximum Gasteiger partial charge on any atom is 0.269 e. The van der Waals surface area contributed by atoms with Gasteiger partial charge in [-0.1, -0.05) is 6.07 Å². The first kappa shape index (κ1) is 19.5. The van der Waals surface area contributed by atoms with Gasteiger partial charge in [0.15, 0.2) is 0 Å². The molecule has 4 N–H and O–H groups in total. The molecule has 4 fully saturated rings. The first-order valence-corrected chi connectivity index (χ1v) is 11.1. The van der Waals surface area contributed by atoms with Gasteiger partial charge in [0.2, 0.25) is 0 Å². The van der Waals surface area contributed by atoms with Crippen LogP contribution in [-0.2, 0) is 6.42 Å². The van der Waals surface area contributed by atoms with Crippen molar-refractivity contribution in [3.8, 4) is 0 Å². The number of nitrogens with one attached hydrogen (secondary N) is 1. The molecule has 0 spiro atoms. The Labute approximate surface area is 176 Å². The molecule has 2 aromatic rings. The maximum atomic E-state index is 13.2. The molecular formula is C23H30N4O3. The number of aliphatic hydroxyl groups is 1. The number of fused-ring (bicyclic) bond motifs is 1. The molecule has 0 radical (unpaired) electrons. The summed E-state index contributed by atoms with van der Waals surface area (Å²) in [5, 5.41) is 13.1. The summed E-state index contributed by atoms with van der Waals surface area (Å²) in [6, 6.07) is 5.24. The standard InChI is InChI=1S/C23H30N4O3/c1-13(28)5-18-20(21(24)29)26-19-4-2-3-17(27(18)19)22(30)25-12-23-9-14-6-15(10-23)8-16(7-14)11-23/h2-4,13-16,28H,5-12H2,1H3,(H2,24,29)(H,25,30). The Morgan fingerprint density at radius 1 is 1.23 bits per heavy atom. The number of nitrogens with two attached hydrogens (primary N) is 1. The van der Waals surface area contributed by atoms with E-state index in [0.717, 1.165) is 17.8 Å². The predicted octanol–water partition coefficient (Wildman–Crippen LogP) is 2.30. The van der Waals surface area contributed by atoms with Gasteiger partial charge >= 0.3 is 0 Å². The van der Waals surface area contributed by atoms with E-state index in [9.17, 15) is 14.7 Å². The van der Waals surface area contributed by atoms with Gasteiger partial charge in [-0.2, -0.15) is 0 Å². The van der Waals surface area contributed by atoms with E-state index in [0.29, 0.717) is 23.6 Å². The average molecular weight is 411 g/mol. The molecule has 4 aliphatic rings. The summed E-state index contributed by atoms with van der Waals surface area (Å²) >= 11 is 0. The second-order valence-corrected chi connectivity index (χ2v) is 10.0. The highest BCUT2D eigenvalue weighted by Crippen LogP contribution is 2.59. The Balaban J connectivity index is 1.43. The van der Waals surface area contributed by atoms with Gasteiger partial charge in [-0.3, -0.25) is 14.0 Å². The SMILES string of the molecule is CC(O)Cc1c(C(N)=O)nc2cccc(C(=O)NCC34CC5CC(CC(C5)C3)C4)n12. The number of aliphatic hydroxyl groups excluding tert-OH is 1. The molecule has 4 saturated carbocycles. The van der Waals surface area contributed by atoms with Crippen molar-refractivity contribution in [3.63, 3.8) is 0 Å². The fourth-order valence-electron chi connectivity index (χ4n) is 6.86.